The van der Waals surface area contributed by atoms with Crippen molar-refractivity contribution in [2.24, 2.45) is 0 Å². The zero-order valence-electron chi connectivity index (χ0n) is 14.8. The van der Waals surface area contributed by atoms with Gasteiger partial charge in [0.25, 0.3) is 0 Å². The van der Waals surface area contributed by atoms with Gasteiger partial charge in [0.05, 0.1) is 10.2 Å². The molecule has 0 spiro atoms. The van der Waals surface area contributed by atoms with Crippen molar-refractivity contribution >= 4 is 21.6 Å². The molecule has 0 saturated heterocycles. The number of hydrogen-bond acceptors (Lipinski definition) is 4. The molecular weight excluding hydrogens is 344 g/mol. The van der Waals surface area contributed by atoms with Crippen LogP contribution in [0.2, 0.25) is 0 Å². The summed E-state index contributed by atoms with van der Waals surface area (Å²) in [5, 5.41) is 13.7. The first-order valence-electron chi connectivity index (χ1n) is 9.32. The molecule has 1 heterocycles. The molecule has 0 radical (unpaired) electrons. The molecule has 0 fully saturated rings. The van der Waals surface area contributed by atoms with Gasteiger partial charge in [-0.25, -0.2) is 0 Å². The molecule has 1 aromatic heterocycles. The zero-order chi connectivity index (χ0) is 17.9. The first-order chi connectivity index (χ1) is 12.7. The lowest BCUT2D eigenvalue weighted by atomic mass is 9.90. The van der Waals surface area contributed by atoms with Crippen LogP contribution in [0.25, 0.3) is 10.2 Å². The van der Waals surface area contributed by atoms with Crippen molar-refractivity contribution in [3.63, 3.8) is 0 Å². The first-order valence-corrected chi connectivity index (χ1v) is 10.1. The number of nitrogens with one attached hydrogen (secondary N) is 1. The minimum Gasteiger partial charge on any atom is -0.372 e. The SMILES string of the molecule is O=c1sc2ccccc2n1[C@H](O)CNCCc1ccc2c(c1)CCCC2. The van der Waals surface area contributed by atoms with E-state index in [1.807, 2.05) is 24.3 Å². The summed E-state index contributed by atoms with van der Waals surface area (Å²) in [5.41, 5.74) is 5.15. The number of aromatic nitrogens is 1. The van der Waals surface area contributed by atoms with E-state index >= 15 is 0 Å². The smallest absolute Gasteiger partial charge is 0.310 e. The van der Waals surface area contributed by atoms with Gasteiger partial charge in [-0.05, 0) is 67.5 Å². The summed E-state index contributed by atoms with van der Waals surface area (Å²) in [4.78, 5) is 12.0. The summed E-state index contributed by atoms with van der Waals surface area (Å²) < 4.78 is 2.39. The van der Waals surface area contributed by atoms with Crippen molar-refractivity contribution in [1.82, 2.24) is 9.88 Å². The summed E-state index contributed by atoms with van der Waals surface area (Å²) >= 11 is 1.18. The third-order valence-electron chi connectivity index (χ3n) is 5.15. The molecule has 136 valence electrons. The second-order valence-electron chi connectivity index (χ2n) is 6.95. The number of aryl methyl sites for hydroxylation is 2. The Kier molecular flexibility index (Phi) is 5.20. The third-order valence-corrected chi connectivity index (χ3v) is 6.08. The standard InChI is InChI=1S/C21H24N2O2S/c24-20(23-18-7-3-4-8-19(18)26-21(23)25)14-22-12-11-15-9-10-16-5-1-2-6-17(16)13-15/h3-4,7-10,13,20,22,24H,1-2,5-6,11-12,14H2/t20-/m1/s1. The molecule has 0 unspecified atom stereocenters. The molecule has 26 heavy (non-hydrogen) atoms. The number of fused-ring (bicyclic) bond motifs is 2. The van der Waals surface area contributed by atoms with Crippen molar-refractivity contribution in [3.8, 4) is 0 Å². The highest BCUT2D eigenvalue weighted by molar-refractivity contribution is 7.16. The van der Waals surface area contributed by atoms with E-state index in [1.165, 1.54) is 58.3 Å². The first kappa shape index (κ1) is 17.5. The Morgan fingerprint density at radius 3 is 2.81 bits per heavy atom. The molecular formula is C21H24N2O2S. The molecule has 1 aliphatic carbocycles. The van der Waals surface area contributed by atoms with Gasteiger partial charge in [-0.15, -0.1) is 0 Å². The molecule has 5 heteroatoms. The van der Waals surface area contributed by atoms with Crippen LogP contribution in [0.4, 0.5) is 0 Å². The number of aliphatic hydroxyl groups excluding tert-OH is 1. The van der Waals surface area contributed by atoms with Crippen LogP contribution in [0.15, 0.2) is 47.3 Å². The zero-order valence-corrected chi connectivity index (χ0v) is 15.6. The molecule has 1 aliphatic rings. The van der Waals surface area contributed by atoms with E-state index in [2.05, 4.69) is 23.5 Å². The highest BCUT2D eigenvalue weighted by Crippen LogP contribution is 2.22. The Hall–Kier alpha value is -1.95. The predicted molar refractivity (Wildman–Crippen MR) is 107 cm³/mol. The predicted octanol–water partition coefficient (Wildman–Crippen LogP) is 3.27. The molecule has 4 nitrogen and oxygen atoms in total. The largest absolute Gasteiger partial charge is 0.372 e. The van der Waals surface area contributed by atoms with Crippen molar-refractivity contribution in [3.05, 3.63) is 68.8 Å². The number of para-hydroxylation sites is 1. The van der Waals surface area contributed by atoms with Crippen LogP contribution < -0.4 is 10.2 Å². The van der Waals surface area contributed by atoms with Crippen LogP contribution >= 0.6 is 11.3 Å². The van der Waals surface area contributed by atoms with Crippen LogP contribution in [-0.4, -0.2) is 22.8 Å². The summed E-state index contributed by atoms with van der Waals surface area (Å²) in [7, 11) is 0. The topological polar surface area (TPSA) is 54.3 Å². The summed E-state index contributed by atoms with van der Waals surface area (Å²) in [6.07, 6.45) is 5.10. The highest BCUT2D eigenvalue weighted by atomic mass is 32.1. The molecule has 3 aromatic rings. The fraction of sp³-hybridized carbons (Fsp3) is 0.381. The maximum Gasteiger partial charge on any atom is 0.310 e. The summed E-state index contributed by atoms with van der Waals surface area (Å²) in [5.74, 6) is 0. The van der Waals surface area contributed by atoms with Gasteiger partial charge in [-0.1, -0.05) is 41.7 Å². The number of thiazole rings is 1. The van der Waals surface area contributed by atoms with Crippen LogP contribution in [-0.2, 0) is 19.3 Å². The summed E-state index contributed by atoms with van der Waals surface area (Å²) in [6.45, 7) is 1.15. The number of nitrogens with zero attached hydrogens (tertiary/aromatic N) is 1. The normalized spacial score (nSPS) is 15.1. The molecule has 4 rings (SSSR count). The van der Waals surface area contributed by atoms with Crippen molar-refractivity contribution in [1.29, 1.82) is 0 Å². The fourth-order valence-corrected chi connectivity index (χ4v) is 4.69. The van der Waals surface area contributed by atoms with E-state index in [0.29, 0.717) is 6.54 Å². The third kappa shape index (κ3) is 3.61. The Labute approximate surface area is 157 Å². The Balaban J connectivity index is 1.34. The van der Waals surface area contributed by atoms with Gasteiger partial charge >= 0.3 is 4.87 Å². The lowest BCUT2D eigenvalue weighted by Gasteiger charge is -2.17. The van der Waals surface area contributed by atoms with Gasteiger partial charge in [-0.3, -0.25) is 9.36 Å². The van der Waals surface area contributed by atoms with Gasteiger partial charge in [0.1, 0.15) is 6.23 Å². The molecule has 0 saturated carbocycles. The average molecular weight is 369 g/mol. The molecule has 0 aliphatic heterocycles. The van der Waals surface area contributed by atoms with Crippen LogP contribution in [0, 0.1) is 0 Å². The van der Waals surface area contributed by atoms with Crippen LogP contribution in [0.5, 0.6) is 0 Å². The Morgan fingerprint density at radius 1 is 1.12 bits per heavy atom. The second kappa shape index (κ2) is 7.74. The maximum atomic E-state index is 12.2. The molecule has 0 amide bonds. The minimum absolute atomic E-state index is 0.116. The lowest BCUT2D eigenvalue weighted by Crippen LogP contribution is -2.30. The van der Waals surface area contributed by atoms with Crippen molar-refractivity contribution in [2.75, 3.05) is 13.1 Å². The molecule has 0 bridgehead atoms. The van der Waals surface area contributed by atoms with E-state index in [-0.39, 0.29) is 4.87 Å². The quantitative estimate of drug-likeness (QED) is 0.657. The molecule has 2 N–H and O–H groups in total. The van der Waals surface area contributed by atoms with E-state index in [9.17, 15) is 9.90 Å². The Morgan fingerprint density at radius 2 is 1.92 bits per heavy atom. The van der Waals surface area contributed by atoms with Gasteiger partial charge in [0, 0.05) is 6.54 Å². The second-order valence-corrected chi connectivity index (χ2v) is 7.94. The van der Waals surface area contributed by atoms with Crippen LogP contribution in [0.1, 0.15) is 35.8 Å². The minimum atomic E-state index is -0.845. The van der Waals surface area contributed by atoms with E-state index in [4.69, 9.17) is 0 Å². The number of benzene rings is 2. The molecule has 1 atom stereocenters. The van der Waals surface area contributed by atoms with Gasteiger partial charge in [0.2, 0.25) is 0 Å². The number of hydrogen-bond donors (Lipinski definition) is 2. The number of aliphatic hydroxyl groups is 1. The van der Waals surface area contributed by atoms with Crippen molar-refractivity contribution < 1.29 is 5.11 Å². The van der Waals surface area contributed by atoms with Gasteiger partial charge in [-0.2, -0.15) is 0 Å². The van der Waals surface area contributed by atoms with E-state index in [0.717, 1.165) is 23.2 Å². The highest BCUT2D eigenvalue weighted by Gasteiger charge is 2.14. The van der Waals surface area contributed by atoms with E-state index in [1.54, 1.807) is 0 Å². The fourth-order valence-electron chi connectivity index (χ4n) is 3.76. The summed E-state index contributed by atoms with van der Waals surface area (Å²) in [6, 6.07) is 14.4. The Bertz CT molecular complexity index is 960. The lowest BCUT2D eigenvalue weighted by molar-refractivity contribution is 0.105. The van der Waals surface area contributed by atoms with E-state index < -0.39 is 6.23 Å². The average Bonchev–Trinajstić information content (AvgIpc) is 3.00. The van der Waals surface area contributed by atoms with Gasteiger partial charge < -0.3 is 10.4 Å². The monoisotopic (exact) mass is 368 g/mol. The molecule has 2 aromatic carbocycles. The van der Waals surface area contributed by atoms with Crippen LogP contribution in [0.3, 0.4) is 0 Å². The maximum absolute atomic E-state index is 12.2. The number of rotatable bonds is 6. The van der Waals surface area contributed by atoms with Crippen molar-refractivity contribution in [2.45, 2.75) is 38.3 Å². The van der Waals surface area contributed by atoms with Gasteiger partial charge in [0.15, 0.2) is 0 Å².